The monoisotopic (exact) mass is 1880 g/mol. The minimum atomic E-state index is -0.539. The van der Waals surface area contributed by atoms with Gasteiger partial charge in [0, 0.05) is 123 Å². The van der Waals surface area contributed by atoms with E-state index in [1.807, 2.05) is 160 Å². The molecule has 3 amide bonds. The molecule has 135 heavy (non-hydrogen) atoms. The summed E-state index contributed by atoms with van der Waals surface area (Å²) in [5.74, 6) is -0.0353. The Labute approximate surface area is 798 Å². The first-order chi connectivity index (χ1) is 64.4. The van der Waals surface area contributed by atoms with E-state index in [0.717, 1.165) is 81.3 Å². The lowest BCUT2D eigenvalue weighted by molar-refractivity contribution is -0.129. The number of likely N-dealkylation sites (tertiary alicyclic amines) is 1. The largest absolute Gasteiger partial charge is 0.361 e. The number of halogens is 5. The minimum absolute atomic E-state index is 0.0152. The van der Waals surface area contributed by atoms with Crippen LogP contribution in [0.2, 0.25) is 15.1 Å². The molecule has 0 radical (unpaired) electrons. The minimum Gasteiger partial charge on any atom is -0.361 e. The molecule has 4 saturated heterocycles. The first kappa shape index (κ1) is 96.8. The summed E-state index contributed by atoms with van der Waals surface area (Å²) in [5.41, 5.74) is 11.3. The van der Waals surface area contributed by atoms with Crippen molar-refractivity contribution in [3.05, 3.63) is 263 Å². The molecule has 4 aliphatic rings. The van der Waals surface area contributed by atoms with Crippen molar-refractivity contribution >= 4 is 114 Å². The number of aromatic amines is 1. The lowest BCUT2D eigenvalue weighted by Gasteiger charge is -2.44. The third-order valence-electron chi connectivity index (χ3n) is 25.7. The van der Waals surface area contributed by atoms with Crippen molar-refractivity contribution in [3.8, 4) is 50.8 Å². The van der Waals surface area contributed by atoms with Gasteiger partial charge >= 0.3 is 17.1 Å². The molecule has 13 aromatic rings. The van der Waals surface area contributed by atoms with Crippen LogP contribution >= 0.6 is 34.8 Å². The van der Waals surface area contributed by atoms with Gasteiger partial charge in [0.1, 0.15) is 29.1 Å². The van der Waals surface area contributed by atoms with Gasteiger partial charge in [0.25, 0.3) is 0 Å². The summed E-state index contributed by atoms with van der Waals surface area (Å²) in [6.45, 7) is 47.1. The van der Waals surface area contributed by atoms with Gasteiger partial charge in [0.2, 0.25) is 17.7 Å². The number of hydrogen-bond acceptors (Lipinski definition) is 20. The van der Waals surface area contributed by atoms with Crippen molar-refractivity contribution in [1.82, 2.24) is 88.0 Å². The van der Waals surface area contributed by atoms with Crippen LogP contribution in [0.15, 0.2) is 174 Å². The number of nitrogens with one attached hydrogen (secondary N) is 1. The molecule has 702 valence electrons. The summed E-state index contributed by atoms with van der Waals surface area (Å²) in [6, 6.07) is 30.8. The van der Waals surface area contributed by atoms with Gasteiger partial charge in [-0.15, -0.1) is 0 Å². The number of carbonyl (C=O) groups excluding carboxylic acids is 3. The smallest absolute Gasteiger partial charge is 0.355 e. The van der Waals surface area contributed by atoms with E-state index < -0.39 is 28.7 Å². The highest BCUT2D eigenvalue weighted by Crippen LogP contribution is 2.43. The van der Waals surface area contributed by atoms with Crippen LogP contribution in [0.25, 0.3) is 94.8 Å². The van der Waals surface area contributed by atoms with Crippen LogP contribution in [0.1, 0.15) is 159 Å². The number of aromatic nitrogens is 13. The van der Waals surface area contributed by atoms with E-state index >= 15 is 8.78 Å². The summed E-state index contributed by atoms with van der Waals surface area (Å²) < 4.78 is 34.8. The van der Waals surface area contributed by atoms with Gasteiger partial charge in [-0.2, -0.15) is 15.0 Å². The van der Waals surface area contributed by atoms with Crippen molar-refractivity contribution in [1.29, 1.82) is 0 Å². The van der Waals surface area contributed by atoms with Crippen LogP contribution in [0.3, 0.4) is 0 Å². The van der Waals surface area contributed by atoms with Crippen LogP contribution < -0.4 is 31.8 Å². The molecule has 0 aliphatic carbocycles. The predicted molar refractivity (Wildman–Crippen MR) is 535 cm³/mol. The second-order valence-electron chi connectivity index (χ2n) is 36.9. The number of pyridine rings is 6. The summed E-state index contributed by atoms with van der Waals surface area (Å²) >= 11 is 20.8. The molecule has 6 unspecified atom stereocenters. The molecule has 6 atom stereocenters. The van der Waals surface area contributed by atoms with Crippen molar-refractivity contribution in [2.24, 2.45) is 0 Å². The molecule has 0 bridgehead atoms. The second kappa shape index (κ2) is 40.0. The zero-order chi connectivity index (χ0) is 96.9. The van der Waals surface area contributed by atoms with E-state index in [9.17, 15) is 28.8 Å². The number of hydrogen-bond donors (Lipinski definition) is 1. The Morgan fingerprint density at radius 1 is 0.459 bits per heavy atom. The number of para-hydroxylation sites is 1. The normalized spacial score (nSPS) is 17.7. The lowest BCUT2D eigenvalue weighted by Crippen LogP contribution is -2.58. The Bertz CT molecular complexity index is 7050. The maximum absolute atomic E-state index is 15.2. The molecule has 3 aromatic carbocycles. The molecule has 17 rings (SSSR count). The molecule has 10 aromatic heterocycles. The van der Waals surface area contributed by atoms with Crippen molar-refractivity contribution in [2.75, 3.05) is 81.2 Å². The van der Waals surface area contributed by atoms with Gasteiger partial charge in [-0.3, -0.25) is 34.2 Å². The van der Waals surface area contributed by atoms with Gasteiger partial charge in [0.15, 0.2) is 16.9 Å². The Morgan fingerprint density at radius 2 is 0.830 bits per heavy atom. The molecule has 0 saturated carbocycles. The summed E-state index contributed by atoms with van der Waals surface area (Å²) in [7, 11) is 3.96. The zero-order valence-corrected chi connectivity index (χ0v) is 81.6. The molecule has 0 spiro atoms. The van der Waals surface area contributed by atoms with E-state index in [4.69, 9.17) is 59.7 Å². The van der Waals surface area contributed by atoms with Crippen LogP contribution in [0.4, 0.5) is 26.2 Å². The predicted octanol–water partition coefficient (Wildman–Crippen LogP) is 18.0. The number of H-pyrrole nitrogens is 1. The van der Waals surface area contributed by atoms with E-state index in [-0.39, 0.29) is 104 Å². The Balaban J connectivity index is 0.000000154. The van der Waals surface area contributed by atoms with E-state index in [2.05, 4.69) is 82.2 Å². The SMILES string of the molecule is C=CC(=O)N1CC(C)N(c2nc(=O)n(-c3c(C)cc(CN(C)C)nc3C(C)C)c3nc(-c4ccccc4F)c(Cl)cc23)CC1C.C=CC(=O)N1CC(C)N(c2nc(=O)n(-c3c(C)cc(CN4CCCC4)nc3C(C)C)c3nc(-c4ccccc4F)c(Cl)cc23)CC1C.C=CC(=O)N1CC(C)N(c2nc(=O)n(-c3c(C)ccnc3C(C)C)c3nc(-c4cccc5cc[nH]c45)c(Cl)cc23)CC1C. The topological polar surface area (TPSA) is 275 Å². The average molecular weight is 1890 g/mol. The quantitative estimate of drug-likeness (QED) is 0.0736. The number of benzene rings is 3. The number of carbonyl (C=O) groups is 3. The maximum Gasteiger partial charge on any atom is 0.355 e. The Kier molecular flexibility index (Phi) is 28.7. The maximum atomic E-state index is 15.2. The number of aryl methyl sites for hydroxylation is 3. The summed E-state index contributed by atoms with van der Waals surface area (Å²) in [5, 5.41) is 3.66. The highest BCUT2D eigenvalue weighted by molar-refractivity contribution is 6.35. The Morgan fingerprint density at radius 3 is 1.21 bits per heavy atom. The third-order valence-corrected chi connectivity index (χ3v) is 26.6. The van der Waals surface area contributed by atoms with Crippen LogP contribution in [-0.2, 0) is 27.5 Å². The van der Waals surface area contributed by atoms with E-state index in [1.54, 1.807) is 74.0 Å². The number of fused-ring (bicyclic) bond motifs is 4. The first-order valence-electron chi connectivity index (χ1n) is 45.8. The number of nitrogens with zero attached hydrogens (tertiary/aromatic N) is 20. The van der Waals surface area contributed by atoms with Gasteiger partial charge in [-0.05, 0) is 222 Å². The number of rotatable bonds is 19. The average Bonchev–Trinajstić information content (AvgIpc) is 1.58. The molecule has 4 aliphatic heterocycles. The lowest BCUT2D eigenvalue weighted by atomic mass is 10.0. The van der Waals surface area contributed by atoms with Gasteiger partial charge in [-0.1, -0.05) is 139 Å². The van der Waals surface area contributed by atoms with Crippen LogP contribution in [0, 0.1) is 32.4 Å². The fourth-order valence-corrected chi connectivity index (χ4v) is 19.9. The Hall–Kier alpha value is -12.8. The van der Waals surface area contributed by atoms with Crippen molar-refractivity contribution in [3.63, 3.8) is 0 Å². The highest BCUT2D eigenvalue weighted by atomic mass is 35.5. The van der Waals surface area contributed by atoms with Crippen LogP contribution in [0.5, 0.6) is 0 Å². The number of anilines is 3. The molecule has 1 N–H and O–H groups in total. The number of amides is 3. The fourth-order valence-electron chi connectivity index (χ4n) is 19.1. The van der Waals surface area contributed by atoms with E-state index in [1.165, 1.54) is 52.3 Å². The van der Waals surface area contributed by atoms with Crippen molar-refractivity contribution in [2.45, 2.75) is 184 Å². The van der Waals surface area contributed by atoms with Crippen molar-refractivity contribution < 1.29 is 23.2 Å². The first-order valence-corrected chi connectivity index (χ1v) is 46.9. The van der Waals surface area contributed by atoms with Gasteiger partial charge in [-0.25, -0.2) is 51.8 Å². The van der Waals surface area contributed by atoms with E-state index in [0.29, 0.717) is 124 Å². The zero-order valence-electron chi connectivity index (χ0n) is 79.4. The van der Waals surface area contributed by atoms with Gasteiger partial charge in [0.05, 0.1) is 99.4 Å². The standard InChI is InChI=1S/C36H41ClFN7O2.C34H39ClFN7O2.C33H34ClN7O2/c1-7-30(46)43-18-24(6)44(19-23(43)5)34-27-17-28(37)32(26-12-8-9-13-29(26)38)40-35(27)45(36(47)41-34)33-22(4)16-25(39-31(33)21(2)3)20-42-14-10-11-15-42;1-9-28(44)41-16-22(6)42(17-21(41)5)32-25-15-26(35)30(24-12-10-11-13-27(24)36)38-33(25)43(34(45)39-32)31-20(4)14-23(18-40(7)8)37-29(31)19(2)3;1-7-26(42)39-16-21(6)40(17-20(39)5)31-24-15-25(34)29(23-10-8-9-22-12-14-36-28(22)23)37-32(24)41(33(43)38-31)30-19(4)11-13-35-27(30)18(2)3/h7-9,12-13,16-17,21,23-24H,1,10-11,14-15,18-20H2,2-6H3;9-15,19,21-22H,1,16-18H2,2-8H3;7-15,18,20-21,36H,1,16-17H2,2-6H3. The third kappa shape index (κ3) is 19.1. The molecular weight excluding hydrogens is 1770 g/mol. The molecule has 27 nitrogen and oxygen atoms in total. The molecule has 14 heterocycles. The number of piperazine rings is 3. The molecule has 32 heteroatoms. The van der Waals surface area contributed by atoms with Crippen LogP contribution in [-0.4, -0.2) is 208 Å². The second-order valence-corrected chi connectivity index (χ2v) is 38.2. The highest BCUT2D eigenvalue weighted by Gasteiger charge is 2.40. The summed E-state index contributed by atoms with van der Waals surface area (Å²) in [4.78, 5) is 143. The summed E-state index contributed by atoms with van der Waals surface area (Å²) in [6.07, 6.45) is 9.99. The van der Waals surface area contributed by atoms with Gasteiger partial charge < -0.3 is 39.3 Å². The molecular formula is C103H114Cl3F2N21O6. The molecule has 4 fully saturated rings. The fraction of sp³-hybridized carbons (Fsp3) is 0.369.